The summed E-state index contributed by atoms with van der Waals surface area (Å²) >= 11 is 0. The maximum Gasteiger partial charge on any atom is 0.150 e. The van der Waals surface area contributed by atoms with Crippen molar-refractivity contribution in [2.45, 2.75) is 90.9 Å². The number of hydrogen-bond donors (Lipinski definition) is 0. The van der Waals surface area contributed by atoms with Crippen LogP contribution >= 0.6 is 0 Å². The third-order valence-electron chi connectivity index (χ3n) is 9.68. The quantitative estimate of drug-likeness (QED) is 0.0648. The van der Waals surface area contributed by atoms with Gasteiger partial charge in [-0.25, -0.2) is 0 Å². The molecular weight excluding hydrogens is 681 g/mol. The Morgan fingerprint density at radius 1 is 0.357 bits per heavy atom. The van der Waals surface area contributed by atoms with E-state index in [9.17, 15) is 9.59 Å². The van der Waals surface area contributed by atoms with E-state index in [4.69, 9.17) is 0 Å². The minimum absolute atomic E-state index is 0.644. The van der Waals surface area contributed by atoms with Crippen LogP contribution in [0.15, 0.2) is 109 Å². The third kappa shape index (κ3) is 13.5. The fraction of sp³-hybridized carbons (Fsp3) is 0.259. The van der Waals surface area contributed by atoms with Crippen LogP contribution in [0.25, 0.3) is 0 Å². The first-order chi connectivity index (χ1) is 27.6. The number of aryl methyl sites for hydroxylation is 2. The summed E-state index contributed by atoms with van der Waals surface area (Å²) in [5.74, 6) is 26.8. The minimum atomic E-state index is 0.644. The lowest BCUT2D eigenvalue weighted by atomic mass is 9.92. The van der Waals surface area contributed by atoms with Gasteiger partial charge in [0.2, 0.25) is 0 Å². The molecule has 2 nitrogen and oxygen atoms in total. The van der Waals surface area contributed by atoms with Crippen LogP contribution in [0.4, 0.5) is 0 Å². The van der Waals surface area contributed by atoms with Gasteiger partial charge in [0.15, 0.2) is 0 Å². The molecule has 0 radical (unpaired) electrons. The van der Waals surface area contributed by atoms with Gasteiger partial charge >= 0.3 is 0 Å². The Bertz CT molecular complexity index is 2130. The normalized spacial score (nSPS) is 10.0. The highest BCUT2D eigenvalue weighted by Crippen LogP contribution is 2.22. The zero-order valence-corrected chi connectivity index (χ0v) is 32.8. The lowest BCUT2D eigenvalue weighted by molar-refractivity contribution is 0.111. The molecular formula is C54H50O2. The van der Waals surface area contributed by atoms with E-state index in [1.54, 1.807) is 24.3 Å². The largest absolute Gasteiger partial charge is 0.298 e. The van der Waals surface area contributed by atoms with Crippen molar-refractivity contribution in [1.29, 1.82) is 0 Å². The lowest BCUT2D eigenvalue weighted by Crippen LogP contribution is -1.99. The second-order valence-electron chi connectivity index (χ2n) is 14.1. The second-order valence-corrected chi connectivity index (χ2v) is 14.1. The Balaban J connectivity index is 1.40. The van der Waals surface area contributed by atoms with Crippen LogP contribution in [0.5, 0.6) is 0 Å². The SMILES string of the molecule is CCCCCCCc1cc(C#Cc2ccc(C#Cc3ccc(C=O)cc3)cc2)c(CCCCCCC)cc1C#Cc1ccc(C#Cc2ccc(C=O)cc2)cc1. The molecule has 0 saturated carbocycles. The Kier molecular flexibility index (Phi) is 16.6. The maximum atomic E-state index is 11.0. The first-order valence-corrected chi connectivity index (χ1v) is 20.1. The van der Waals surface area contributed by atoms with Gasteiger partial charge in [-0.05, 0) is 122 Å². The molecule has 0 aliphatic heterocycles. The van der Waals surface area contributed by atoms with Crippen molar-refractivity contribution < 1.29 is 9.59 Å². The van der Waals surface area contributed by atoms with E-state index >= 15 is 0 Å². The number of carbonyl (C=O) groups is 2. The van der Waals surface area contributed by atoms with Gasteiger partial charge in [-0.2, -0.15) is 0 Å². The van der Waals surface area contributed by atoms with Crippen LogP contribution in [0, 0.1) is 47.4 Å². The smallest absolute Gasteiger partial charge is 0.150 e. The predicted octanol–water partition coefficient (Wildman–Crippen LogP) is 11.9. The van der Waals surface area contributed by atoms with Gasteiger partial charge in [0, 0.05) is 55.6 Å². The Hall–Kier alpha value is -6.32. The van der Waals surface area contributed by atoms with Crippen LogP contribution in [-0.2, 0) is 12.8 Å². The van der Waals surface area contributed by atoms with Crippen LogP contribution in [0.3, 0.4) is 0 Å². The molecule has 0 heterocycles. The first kappa shape index (κ1) is 40.9. The third-order valence-corrected chi connectivity index (χ3v) is 9.68. The lowest BCUT2D eigenvalue weighted by Gasteiger charge is -2.12. The summed E-state index contributed by atoms with van der Waals surface area (Å²) in [4.78, 5) is 21.9. The molecule has 5 rings (SSSR count). The molecule has 0 aliphatic carbocycles. The van der Waals surface area contributed by atoms with Gasteiger partial charge < -0.3 is 0 Å². The predicted molar refractivity (Wildman–Crippen MR) is 232 cm³/mol. The zero-order valence-electron chi connectivity index (χ0n) is 32.8. The maximum absolute atomic E-state index is 11.0. The van der Waals surface area contributed by atoms with E-state index in [0.717, 1.165) is 82.8 Å². The molecule has 0 aromatic heterocycles. The van der Waals surface area contributed by atoms with Crippen LogP contribution in [0.1, 0.15) is 154 Å². The fourth-order valence-corrected chi connectivity index (χ4v) is 6.31. The fourth-order valence-electron chi connectivity index (χ4n) is 6.31. The first-order valence-electron chi connectivity index (χ1n) is 20.1. The number of benzene rings is 5. The Morgan fingerprint density at radius 3 is 0.911 bits per heavy atom. The van der Waals surface area contributed by atoms with Crippen LogP contribution in [-0.4, -0.2) is 12.6 Å². The molecule has 0 atom stereocenters. The molecule has 0 amide bonds. The Morgan fingerprint density at radius 2 is 0.625 bits per heavy atom. The molecule has 0 bridgehead atoms. The summed E-state index contributed by atoms with van der Waals surface area (Å²) in [6.45, 7) is 4.51. The molecule has 0 N–H and O–H groups in total. The van der Waals surface area contributed by atoms with Gasteiger partial charge in [-0.1, -0.05) is 137 Å². The van der Waals surface area contributed by atoms with Crippen LogP contribution in [0.2, 0.25) is 0 Å². The van der Waals surface area contributed by atoms with Gasteiger partial charge in [0.25, 0.3) is 0 Å². The van der Waals surface area contributed by atoms with Gasteiger partial charge in [0.05, 0.1) is 0 Å². The van der Waals surface area contributed by atoms with E-state index in [1.807, 2.05) is 72.8 Å². The number of hydrogen-bond acceptors (Lipinski definition) is 2. The van der Waals surface area contributed by atoms with Gasteiger partial charge in [-0.3, -0.25) is 9.59 Å². The average Bonchev–Trinajstić information content (AvgIpc) is 3.25. The highest BCUT2D eigenvalue weighted by atomic mass is 16.1. The molecule has 0 saturated heterocycles. The standard InChI is InChI=1S/C54H50O2/c1-3-5-7-9-11-13-51-39-54(38-36-48-25-21-44(22-26-48)16-18-46-29-33-50(42-56)34-30-46)52(14-12-10-8-6-4-2)40-53(51)37-35-47-23-19-43(20-24-47)15-17-45-27-31-49(41-55)32-28-45/h19-34,39-42H,3-14H2,1-2H3. The average molecular weight is 731 g/mol. The van der Waals surface area contributed by atoms with Crippen molar-refractivity contribution in [1.82, 2.24) is 0 Å². The van der Waals surface area contributed by atoms with Crippen molar-refractivity contribution >= 4 is 12.6 Å². The molecule has 2 heteroatoms. The molecule has 5 aromatic carbocycles. The number of unbranched alkanes of at least 4 members (excludes halogenated alkanes) is 8. The van der Waals surface area contributed by atoms with E-state index in [1.165, 1.54) is 62.5 Å². The van der Waals surface area contributed by atoms with E-state index < -0.39 is 0 Å². The molecule has 0 spiro atoms. The summed E-state index contributed by atoms with van der Waals surface area (Å²) < 4.78 is 0. The van der Waals surface area contributed by atoms with Crippen molar-refractivity contribution in [2.24, 2.45) is 0 Å². The molecule has 0 unspecified atom stereocenters. The molecule has 278 valence electrons. The van der Waals surface area contributed by atoms with Crippen molar-refractivity contribution in [3.63, 3.8) is 0 Å². The summed E-state index contributed by atoms with van der Waals surface area (Å²) in [5, 5.41) is 0. The van der Waals surface area contributed by atoms with E-state index in [-0.39, 0.29) is 0 Å². The Labute approximate surface area is 335 Å². The van der Waals surface area contributed by atoms with Crippen molar-refractivity contribution in [3.8, 4) is 47.4 Å². The van der Waals surface area contributed by atoms with E-state index in [2.05, 4.69) is 73.3 Å². The highest BCUT2D eigenvalue weighted by Gasteiger charge is 2.09. The molecule has 0 fully saturated rings. The molecule has 56 heavy (non-hydrogen) atoms. The summed E-state index contributed by atoms with van der Waals surface area (Å²) in [7, 11) is 0. The monoisotopic (exact) mass is 730 g/mol. The summed E-state index contributed by atoms with van der Waals surface area (Å²) in [6.07, 6.45) is 15.8. The van der Waals surface area contributed by atoms with Crippen LogP contribution < -0.4 is 0 Å². The minimum Gasteiger partial charge on any atom is -0.298 e. The number of carbonyl (C=O) groups excluding carboxylic acids is 2. The van der Waals surface area contributed by atoms with Gasteiger partial charge in [0.1, 0.15) is 12.6 Å². The second kappa shape index (κ2) is 22.8. The van der Waals surface area contributed by atoms with Crippen molar-refractivity contribution in [2.75, 3.05) is 0 Å². The van der Waals surface area contributed by atoms with E-state index in [0.29, 0.717) is 11.1 Å². The summed E-state index contributed by atoms with van der Waals surface area (Å²) in [5.41, 5.74) is 11.5. The van der Waals surface area contributed by atoms with Crippen molar-refractivity contribution in [3.05, 3.63) is 176 Å². The zero-order chi connectivity index (χ0) is 39.2. The number of aldehydes is 2. The molecule has 0 aliphatic rings. The molecule has 5 aromatic rings. The highest BCUT2D eigenvalue weighted by molar-refractivity contribution is 5.75. The number of rotatable bonds is 14. The summed E-state index contributed by atoms with van der Waals surface area (Å²) in [6, 6.07) is 35.4. The topological polar surface area (TPSA) is 34.1 Å². The van der Waals surface area contributed by atoms with Gasteiger partial charge in [-0.15, -0.1) is 0 Å².